The topological polar surface area (TPSA) is 48.1 Å². The molecule has 0 aliphatic heterocycles. The van der Waals surface area contributed by atoms with Gasteiger partial charge in [-0.25, -0.2) is 4.57 Å². The quantitative estimate of drug-likeness (QED) is 0.339. The number of nitrogens with zero attached hydrogens (tertiary/aromatic N) is 3. The smallest absolute Gasteiger partial charge is 0.254 e. The van der Waals surface area contributed by atoms with E-state index in [0.717, 1.165) is 23.0 Å². The summed E-state index contributed by atoms with van der Waals surface area (Å²) >= 11 is 1.16. The van der Waals surface area contributed by atoms with Crippen molar-refractivity contribution in [3.8, 4) is 17.1 Å². The number of rotatable bonds is 6. The molecule has 0 saturated heterocycles. The molecule has 2 aromatic heterocycles. The highest BCUT2D eigenvalue weighted by molar-refractivity contribution is 6.99. The summed E-state index contributed by atoms with van der Waals surface area (Å²) in [6.07, 6.45) is 3.96. The molecule has 0 bridgehead atoms. The minimum atomic E-state index is 0. The van der Waals surface area contributed by atoms with E-state index in [1.807, 2.05) is 43.1 Å². The Morgan fingerprint density at radius 1 is 1.32 bits per heavy atom. The van der Waals surface area contributed by atoms with Crippen molar-refractivity contribution in [2.45, 2.75) is 6.92 Å². The van der Waals surface area contributed by atoms with Crippen LogP contribution in [0.25, 0.3) is 11.3 Å². The Hall–Kier alpha value is -0.800. The second-order valence-electron chi connectivity index (χ2n) is 3.72. The number of hydrogen-bond donors (Lipinski definition) is 0. The molecular formula is C12H16IN3O2S. The Kier molecular flexibility index (Phi) is 7.17. The van der Waals surface area contributed by atoms with Crippen LogP contribution in [0.3, 0.4) is 0 Å². The first-order valence-corrected chi connectivity index (χ1v) is 6.53. The summed E-state index contributed by atoms with van der Waals surface area (Å²) in [5.74, 6) is 0.575. The molecule has 0 radical (unpaired) electrons. The Morgan fingerprint density at radius 3 is 2.89 bits per heavy atom. The molecule has 2 heterocycles. The van der Waals surface area contributed by atoms with Gasteiger partial charge in [-0.05, 0) is 13.0 Å². The van der Waals surface area contributed by atoms with Gasteiger partial charge in [0.25, 0.3) is 5.88 Å². The van der Waals surface area contributed by atoms with Gasteiger partial charge < -0.3 is 33.5 Å². The summed E-state index contributed by atoms with van der Waals surface area (Å²) in [5, 5.41) is 0. The SMILES string of the molecule is CCOCCOc1nsnc1-c1ccc[n+](C)c1.[I-]. The van der Waals surface area contributed by atoms with Crippen molar-refractivity contribution >= 4 is 11.7 Å². The molecule has 0 spiro atoms. The maximum atomic E-state index is 5.58. The van der Waals surface area contributed by atoms with Gasteiger partial charge in [0, 0.05) is 12.7 Å². The summed E-state index contributed by atoms with van der Waals surface area (Å²) in [6.45, 7) is 3.71. The average molecular weight is 393 g/mol. The van der Waals surface area contributed by atoms with Gasteiger partial charge >= 0.3 is 0 Å². The van der Waals surface area contributed by atoms with E-state index in [4.69, 9.17) is 9.47 Å². The molecule has 2 rings (SSSR count). The van der Waals surface area contributed by atoms with Crippen molar-refractivity contribution in [1.29, 1.82) is 0 Å². The van der Waals surface area contributed by atoms with Crippen LogP contribution in [0, 0.1) is 0 Å². The van der Waals surface area contributed by atoms with Crippen LogP contribution < -0.4 is 33.3 Å². The number of hydrogen-bond acceptors (Lipinski definition) is 5. The number of pyridine rings is 1. The molecule has 0 saturated carbocycles. The molecule has 5 nitrogen and oxygen atoms in total. The molecule has 0 amide bonds. The Labute approximate surface area is 133 Å². The van der Waals surface area contributed by atoms with Crippen molar-refractivity contribution in [2.75, 3.05) is 19.8 Å². The summed E-state index contributed by atoms with van der Waals surface area (Å²) in [4.78, 5) is 0. The molecule has 2 aromatic rings. The van der Waals surface area contributed by atoms with E-state index in [-0.39, 0.29) is 24.0 Å². The molecule has 0 aliphatic rings. The van der Waals surface area contributed by atoms with Gasteiger partial charge in [-0.1, -0.05) is 0 Å². The first-order chi connectivity index (χ1) is 8.81. The minimum Gasteiger partial charge on any atom is -1.00 e. The molecule has 19 heavy (non-hydrogen) atoms. The van der Waals surface area contributed by atoms with E-state index in [9.17, 15) is 0 Å². The molecule has 0 N–H and O–H groups in total. The average Bonchev–Trinajstić information content (AvgIpc) is 2.83. The van der Waals surface area contributed by atoms with Crippen LogP contribution in [0.1, 0.15) is 6.92 Å². The standard InChI is InChI=1S/C12H16N3O2S.HI/c1-3-16-7-8-17-12-11(13-18-14-12)10-5-4-6-15(2)9-10;/h4-6,9H,3,7-8H2,1-2H3;1H/q+1;/p-1. The number of ether oxygens (including phenoxy) is 2. The fourth-order valence-electron chi connectivity index (χ4n) is 1.52. The summed E-state index contributed by atoms with van der Waals surface area (Å²) in [6, 6.07) is 3.96. The van der Waals surface area contributed by atoms with E-state index >= 15 is 0 Å². The van der Waals surface area contributed by atoms with Crippen molar-refractivity contribution < 1.29 is 38.0 Å². The molecule has 0 aromatic carbocycles. The van der Waals surface area contributed by atoms with Crippen molar-refractivity contribution in [3.63, 3.8) is 0 Å². The molecule has 0 fully saturated rings. The van der Waals surface area contributed by atoms with E-state index in [2.05, 4.69) is 8.75 Å². The fraction of sp³-hybridized carbons (Fsp3) is 0.417. The van der Waals surface area contributed by atoms with Crippen LogP contribution in [0.5, 0.6) is 5.88 Å². The van der Waals surface area contributed by atoms with Gasteiger partial charge in [-0.3, -0.25) is 0 Å². The summed E-state index contributed by atoms with van der Waals surface area (Å²) in [5.41, 5.74) is 1.79. The predicted octanol–water partition coefficient (Wildman–Crippen LogP) is -1.55. The third-order valence-corrected chi connectivity index (χ3v) is 2.85. The zero-order valence-electron chi connectivity index (χ0n) is 10.9. The van der Waals surface area contributed by atoms with E-state index in [1.54, 1.807) is 0 Å². The summed E-state index contributed by atoms with van der Waals surface area (Å²) in [7, 11) is 1.97. The lowest BCUT2D eigenvalue weighted by molar-refractivity contribution is -0.671. The normalized spacial score (nSPS) is 10.0. The van der Waals surface area contributed by atoms with Crippen molar-refractivity contribution in [3.05, 3.63) is 24.5 Å². The predicted molar refractivity (Wildman–Crippen MR) is 68.5 cm³/mol. The van der Waals surface area contributed by atoms with Crippen molar-refractivity contribution in [1.82, 2.24) is 8.75 Å². The van der Waals surface area contributed by atoms with Gasteiger partial charge in [-0.15, -0.1) is 4.37 Å². The molecular weight excluding hydrogens is 377 g/mol. The number of aryl methyl sites for hydroxylation is 1. The third-order valence-electron chi connectivity index (χ3n) is 2.34. The number of aromatic nitrogens is 3. The Balaban J connectivity index is 0.00000180. The van der Waals surface area contributed by atoms with Crippen LogP contribution >= 0.6 is 11.7 Å². The lowest BCUT2D eigenvalue weighted by atomic mass is 10.2. The van der Waals surface area contributed by atoms with Gasteiger partial charge in [0.1, 0.15) is 13.7 Å². The Morgan fingerprint density at radius 2 is 2.16 bits per heavy atom. The van der Waals surface area contributed by atoms with Crippen LogP contribution in [0.15, 0.2) is 24.5 Å². The van der Waals surface area contributed by atoms with E-state index in [0.29, 0.717) is 25.7 Å². The van der Waals surface area contributed by atoms with E-state index in [1.165, 1.54) is 0 Å². The second-order valence-corrected chi connectivity index (χ2v) is 4.25. The molecule has 0 unspecified atom stereocenters. The highest BCUT2D eigenvalue weighted by Gasteiger charge is 2.14. The molecule has 0 aliphatic carbocycles. The van der Waals surface area contributed by atoms with Gasteiger partial charge in [0.2, 0.25) is 0 Å². The first-order valence-electron chi connectivity index (χ1n) is 5.80. The summed E-state index contributed by atoms with van der Waals surface area (Å²) < 4.78 is 21.2. The monoisotopic (exact) mass is 393 g/mol. The van der Waals surface area contributed by atoms with Crippen LogP contribution in [0.2, 0.25) is 0 Å². The highest BCUT2D eigenvalue weighted by Crippen LogP contribution is 2.26. The third kappa shape index (κ3) is 4.66. The Bertz CT molecular complexity index is 507. The lowest BCUT2D eigenvalue weighted by Gasteiger charge is -2.04. The minimum absolute atomic E-state index is 0. The zero-order valence-corrected chi connectivity index (χ0v) is 13.8. The maximum absolute atomic E-state index is 5.58. The molecule has 104 valence electrons. The second kappa shape index (κ2) is 8.39. The van der Waals surface area contributed by atoms with E-state index < -0.39 is 0 Å². The van der Waals surface area contributed by atoms with Crippen LogP contribution in [-0.2, 0) is 11.8 Å². The highest BCUT2D eigenvalue weighted by atomic mass is 127. The van der Waals surface area contributed by atoms with Crippen LogP contribution in [-0.4, -0.2) is 28.6 Å². The van der Waals surface area contributed by atoms with Gasteiger partial charge in [0.05, 0.1) is 23.9 Å². The molecule has 0 atom stereocenters. The lowest BCUT2D eigenvalue weighted by Crippen LogP contribution is -3.00. The van der Waals surface area contributed by atoms with Gasteiger partial charge in [0.15, 0.2) is 18.1 Å². The number of halogens is 1. The first kappa shape index (κ1) is 16.3. The van der Waals surface area contributed by atoms with Crippen molar-refractivity contribution in [2.24, 2.45) is 7.05 Å². The maximum Gasteiger partial charge on any atom is 0.254 e. The largest absolute Gasteiger partial charge is 1.00 e. The zero-order chi connectivity index (χ0) is 12.8. The van der Waals surface area contributed by atoms with Gasteiger partial charge in [-0.2, -0.15) is 4.37 Å². The van der Waals surface area contributed by atoms with Crippen LogP contribution in [0.4, 0.5) is 0 Å². The fourth-order valence-corrected chi connectivity index (χ4v) is 2.04. The molecule has 7 heteroatoms.